The van der Waals surface area contributed by atoms with E-state index < -0.39 is 0 Å². The Balaban J connectivity index is 1.87. The van der Waals surface area contributed by atoms with E-state index in [-0.39, 0.29) is 5.41 Å². The summed E-state index contributed by atoms with van der Waals surface area (Å²) in [6.45, 7) is 4.93. The first-order valence-corrected chi connectivity index (χ1v) is 7.65. The first-order chi connectivity index (χ1) is 9.52. The number of Topliss-reactive ketones (excluding diaryl/α,β-unsaturated/α-hetero) is 1. The highest BCUT2D eigenvalue weighted by atomic mass is 16.1. The van der Waals surface area contributed by atoms with Gasteiger partial charge in [0.2, 0.25) is 0 Å². The van der Waals surface area contributed by atoms with Gasteiger partial charge in [-0.05, 0) is 51.5 Å². The highest BCUT2D eigenvalue weighted by molar-refractivity contribution is 5.97. The van der Waals surface area contributed by atoms with Crippen LogP contribution in [0.15, 0.2) is 12.4 Å². The van der Waals surface area contributed by atoms with Crippen LogP contribution in [0.5, 0.6) is 0 Å². The molecule has 1 aliphatic rings. The molecule has 1 aromatic heterocycles. The Kier molecular flexibility index (Phi) is 4.65. The van der Waals surface area contributed by atoms with Crippen LogP contribution in [0.25, 0.3) is 0 Å². The molecule has 3 heteroatoms. The average molecular weight is 272 g/mol. The zero-order valence-electron chi connectivity index (χ0n) is 12.6. The Morgan fingerprint density at radius 2 is 2.00 bits per heavy atom. The van der Waals surface area contributed by atoms with Crippen molar-refractivity contribution < 1.29 is 4.79 Å². The standard InChI is InChI=1S/C17H24N2O/c1-17(2,13-18)9-5-6-10-19-11-14-7-3-4-8-16(20)15(14)12-19/h11-12H,3-10H2,1-2H3. The molecule has 1 aliphatic carbocycles. The van der Waals surface area contributed by atoms with Gasteiger partial charge in [-0.1, -0.05) is 6.42 Å². The lowest BCUT2D eigenvalue weighted by molar-refractivity contribution is 0.0982. The molecule has 0 unspecified atom stereocenters. The van der Waals surface area contributed by atoms with Crippen LogP contribution in [0, 0.1) is 16.7 Å². The van der Waals surface area contributed by atoms with Crippen molar-refractivity contribution in [2.75, 3.05) is 0 Å². The molecule has 3 nitrogen and oxygen atoms in total. The molecule has 0 amide bonds. The molecule has 0 aliphatic heterocycles. The minimum Gasteiger partial charge on any atom is -0.353 e. The van der Waals surface area contributed by atoms with Crippen LogP contribution in [0.4, 0.5) is 0 Å². The Labute approximate surface area is 121 Å². The van der Waals surface area contributed by atoms with Crippen molar-refractivity contribution in [1.29, 1.82) is 5.26 Å². The number of hydrogen-bond donors (Lipinski definition) is 0. The minimum absolute atomic E-state index is 0.218. The molecule has 20 heavy (non-hydrogen) atoms. The molecule has 1 heterocycles. The van der Waals surface area contributed by atoms with Crippen molar-refractivity contribution in [3.05, 3.63) is 23.5 Å². The SMILES string of the molecule is CC(C)(C#N)CCCCn1cc2c(c1)C(=O)CCCC2. The van der Waals surface area contributed by atoms with Crippen molar-refractivity contribution >= 4 is 5.78 Å². The summed E-state index contributed by atoms with van der Waals surface area (Å²) in [6.07, 6.45) is 11.1. The van der Waals surface area contributed by atoms with Gasteiger partial charge >= 0.3 is 0 Å². The molecule has 0 spiro atoms. The summed E-state index contributed by atoms with van der Waals surface area (Å²) in [5.74, 6) is 0.307. The van der Waals surface area contributed by atoms with Gasteiger partial charge in [0.15, 0.2) is 5.78 Å². The minimum atomic E-state index is -0.218. The van der Waals surface area contributed by atoms with Crippen LogP contribution in [0.3, 0.4) is 0 Å². The van der Waals surface area contributed by atoms with Crippen LogP contribution in [0.1, 0.15) is 68.3 Å². The van der Waals surface area contributed by atoms with Gasteiger partial charge in [-0.25, -0.2) is 0 Å². The van der Waals surface area contributed by atoms with Gasteiger partial charge in [0, 0.05) is 30.9 Å². The van der Waals surface area contributed by atoms with E-state index in [0.717, 1.165) is 50.6 Å². The van der Waals surface area contributed by atoms with Crippen LogP contribution in [-0.2, 0) is 13.0 Å². The summed E-state index contributed by atoms with van der Waals surface area (Å²) in [7, 11) is 0. The quantitative estimate of drug-likeness (QED) is 0.598. The van der Waals surface area contributed by atoms with E-state index in [9.17, 15) is 4.79 Å². The molecule has 0 saturated heterocycles. The predicted octanol–water partition coefficient (Wildman–Crippen LogP) is 4.12. The highest BCUT2D eigenvalue weighted by Gasteiger charge is 2.18. The van der Waals surface area contributed by atoms with Gasteiger partial charge in [-0.15, -0.1) is 0 Å². The van der Waals surface area contributed by atoms with Gasteiger partial charge in [-0.3, -0.25) is 4.79 Å². The van der Waals surface area contributed by atoms with Crippen molar-refractivity contribution in [2.45, 2.75) is 65.3 Å². The molecule has 0 atom stereocenters. The predicted molar refractivity (Wildman–Crippen MR) is 79.6 cm³/mol. The molecule has 108 valence electrons. The van der Waals surface area contributed by atoms with Crippen LogP contribution < -0.4 is 0 Å². The lowest BCUT2D eigenvalue weighted by Gasteiger charge is -2.14. The van der Waals surface area contributed by atoms with Gasteiger partial charge in [0.25, 0.3) is 0 Å². The molecule has 2 rings (SSSR count). The maximum atomic E-state index is 12.0. The first-order valence-electron chi connectivity index (χ1n) is 7.65. The second-order valence-corrected chi connectivity index (χ2v) is 6.52. The fraction of sp³-hybridized carbons (Fsp3) is 0.647. The van der Waals surface area contributed by atoms with Gasteiger partial charge < -0.3 is 4.57 Å². The number of hydrogen-bond acceptors (Lipinski definition) is 2. The molecule has 1 aromatic rings. The van der Waals surface area contributed by atoms with E-state index in [4.69, 9.17) is 5.26 Å². The number of unbranched alkanes of at least 4 members (excludes halogenated alkanes) is 1. The molecular weight excluding hydrogens is 248 g/mol. The number of fused-ring (bicyclic) bond motifs is 1. The van der Waals surface area contributed by atoms with E-state index in [0.29, 0.717) is 12.2 Å². The summed E-state index contributed by atoms with van der Waals surface area (Å²) in [5.41, 5.74) is 1.95. The molecule has 0 fully saturated rings. The third-order valence-corrected chi connectivity index (χ3v) is 4.13. The summed E-state index contributed by atoms with van der Waals surface area (Å²) >= 11 is 0. The molecular formula is C17H24N2O. The molecule has 0 N–H and O–H groups in total. The monoisotopic (exact) mass is 272 g/mol. The highest BCUT2D eigenvalue weighted by Crippen LogP contribution is 2.24. The maximum absolute atomic E-state index is 12.0. The summed E-state index contributed by atoms with van der Waals surface area (Å²) < 4.78 is 2.16. The van der Waals surface area contributed by atoms with Crippen molar-refractivity contribution in [3.63, 3.8) is 0 Å². The third kappa shape index (κ3) is 3.72. The number of carbonyl (C=O) groups excluding carboxylic acids is 1. The lowest BCUT2D eigenvalue weighted by atomic mass is 9.89. The molecule has 0 radical (unpaired) electrons. The Morgan fingerprint density at radius 1 is 1.25 bits per heavy atom. The lowest BCUT2D eigenvalue weighted by Crippen LogP contribution is -2.08. The Morgan fingerprint density at radius 3 is 2.75 bits per heavy atom. The summed E-state index contributed by atoms with van der Waals surface area (Å²) in [5, 5.41) is 8.98. The van der Waals surface area contributed by atoms with E-state index in [1.54, 1.807) is 0 Å². The van der Waals surface area contributed by atoms with Crippen LogP contribution in [0.2, 0.25) is 0 Å². The Hall–Kier alpha value is -1.56. The van der Waals surface area contributed by atoms with Gasteiger partial charge in [0.1, 0.15) is 0 Å². The third-order valence-electron chi connectivity index (χ3n) is 4.13. The number of carbonyl (C=O) groups is 1. The largest absolute Gasteiger partial charge is 0.353 e. The zero-order chi connectivity index (χ0) is 14.6. The van der Waals surface area contributed by atoms with Gasteiger partial charge in [0.05, 0.1) is 11.5 Å². The smallest absolute Gasteiger partial charge is 0.164 e. The molecule has 0 saturated carbocycles. The van der Waals surface area contributed by atoms with Crippen molar-refractivity contribution in [2.24, 2.45) is 5.41 Å². The number of rotatable bonds is 5. The van der Waals surface area contributed by atoms with E-state index in [1.807, 2.05) is 20.0 Å². The zero-order valence-corrected chi connectivity index (χ0v) is 12.6. The maximum Gasteiger partial charge on any atom is 0.164 e. The first kappa shape index (κ1) is 14.8. The van der Waals surface area contributed by atoms with Gasteiger partial charge in [-0.2, -0.15) is 5.26 Å². The average Bonchev–Trinajstić information content (AvgIpc) is 2.75. The number of nitriles is 1. The topological polar surface area (TPSA) is 45.8 Å². The number of aromatic nitrogens is 1. The summed E-state index contributed by atoms with van der Waals surface area (Å²) in [4.78, 5) is 12.0. The fourth-order valence-electron chi connectivity index (χ4n) is 2.79. The number of nitrogens with zero attached hydrogens (tertiary/aromatic N) is 2. The number of aryl methyl sites for hydroxylation is 2. The molecule has 0 bridgehead atoms. The normalized spacial score (nSPS) is 15.6. The van der Waals surface area contributed by atoms with Crippen molar-refractivity contribution in [1.82, 2.24) is 4.57 Å². The second-order valence-electron chi connectivity index (χ2n) is 6.52. The fourth-order valence-corrected chi connectivity index (χ4v) is 2.79. The van der Waals surface area contributed by atoms with Crippen molar-refractivity contribution in [3.8, 4) is 6.07 Å². The second kappa shape index (κ2) is 6.26. The van der Waals surface area contributed by atoms with E-state index in [2.05, 4.69) is 16.8 Å². The summed E-state index contributed by atoms with van der Waals surface area (Å²) in [6, 6.07) is 2.34. The number of ketones is 1. The van der Waals surface area contributed by atoms with E-state index >= 15 is 0 Å². The van der Waals surface area contributed by atoms with E-state index in [1.165, 1.54) is 5.56 Å². The van der Waals surface area contributed by atoms with Crippen LogP contribution in [-0.4, -0.2) is 10.4 Å². The Bertz CT molecular complexity index is 520. The molecule has 0 aromatic carbocycles. The van der Waals surface area contributed by atoms with Crippen LogP contribution >= 0.6 is 0 Å².